The largest absolute Gasteiger partial charge is 0.494 e. The lowest BCUT2D eigenvalue weighted by Gasteiger charge is -2.13. The van der Waals surface area contributed by atoms with Gasteiger partial charge < -0.3 is 10.1 Å². The number of aryl methyl sites for hydroxylation is 3. The third-order valence-electron chi connectivity index (χ3n) is 4.90. The molecule has 0 aliphatic carbocycles. The van der Waals surface area contributed by atoms with E-state index in [4.69, 9.17) is 4.74 Å². The first-order valence-electron chi connectivity index (χ1n) is 9.94. The van der Waals surface area contributed by atoms with Crippen LogP contribution in [0.1, 0.15) is 34.0 Å². The van der Waals surface area contributed by atoms with Crippen LogP contribution in [0.5, 0.6) is 5.75 Å². The van der Waals surface area contributed by atoms with Crippen LogP contribution < -0.4 is 14.8 Å². The van der Waals surface area contributed by atoms with E-state index in [-0.39, 0.29) is 10.5 Å². The maximum atomic E-state index is 13.0. The van der Waals surface area contributed by atoms with Crippen LogP contribution in [0.2, 0.25) is 0 Å². The van der Waals surface area contributed by atoms with Gasteiger partial charge in [-0.2, -0.15) is 0 Å². The lowest BCUT2D eigenvalue weighted by atomic mass is 10.1. The average Bonchev–Trinajstić information content (AvgIpc) is 2.71. The van der Waals surface area contributed by atoms with Crippen molar-refractivity contribution in [2.45, 2.75) is 32.6 Å². The van der Waals surface area contributed by atoms with E-state index in [1.807, 2.05) is 26.8 Å². The lowest BCUT2D eigenvalue weighted by molar-refractivity contribution is 0.102. The minimum absolute atomic E-state index is 0.0569. The Morgan fingerprint density at radius 1 is 0.871 bits per heavy atom. The zero-order valence-electron chi connectivity index (χ0n) is 18.0. The van der Waals surface area contributed by atoms with Gasteiger partial charge in [-0.05, 0) is 80.8 Å². The summed E-state index contributed by atoms with van der Waals surface area (Å²) < 4.78 is 34.1. The van der Waals surface area contributed by atoms with Gasteiger partial charge >= 0.3 is 0 Å². The second-order valence-corrected chi connectivity index (χ2v) is 8.95. The summed E-state index contributed by atoms with van der Waals surface area (Å²) in [5.41, 5.74) is 3.89. The predicted octanol–water partition coefficient (Wildman–Crippen LogP) is 5.06. The molecular weight excluding hydrogens is 412 g/mol. The van der Waals surface area contributed by atoms with Crippen LogP contribution in [0.4, 0.5) is 11.4 Å². The number of benzene rings is 3. The van der Waals surface area contributed by atoms with Gasteiger partial charge in [-0.1, -0.05) is 18.2 Å². The summed E-state index contributed by atoms with van der Waals surface area (Å²) in [5, 5.41) is 2.78. The van der Waals surface area contributed by atoms with Crippen molar-refractivity contribution in [1.82, 2.24) is 0 Å². The fourth-order valence-corrected chi connectivity index (χ4v) is 4.40. The van der Waals surface area contributed by atoms with Crippen LogP contribution in [0, 0.1) is 20.8 Å². The predicted molar refractivity (Wildman–Crippen MR) is 123 cm³/mol. The maximum absolute atomic E-state index is 13.0. The highest BCUT2D eigenvalue weighted by Gasteiger charge is 2.20. The molecule has 3 aromatic rings. The summed E-state index contributed by atoms with van der Waals surface area (Å²) >= 11 is 0. The number of hydrogen-bond acceptors (Lipinski definition) is 4. The molecule has 0 saturated heterocycles. The summed E-state index contributed by atoms with van der Waals surface area (Å²) in [7, 11) is -3.87. The van der Waals surface area contributed by atoms with Gasteiger partial charge in [0.25, 0.3) is 15.9 Å². The minimum Gasteiger partial charge on any atom is -0.494 e. The first kappa shape index (κ1) is 22.4. The smallest absolute Gasteiger partial charge is 0.262 e. The highest BCUT2D eigenvalue weighted by Crippen LogP contribution is 2.23. The van der Waals surface area contributed by atoms with Gasteiger partial charge in [0.15, 0.2) is 0 Å². The molecule has 0 bridgehead atoms. The molecule has 2 N–H and O–H groups in total. The fraction of sp³-hybridized carbons (Fsp3) is 0.208. The van der Waals surface area contributed by atoms with Gasteiger partial charge in [-0.15, -0.1) is 0 Å². The second-order valence-electron chi connectivity index (χ2n) is 7.30. The van der Waals surface area contributed by atoms with Gasteiger partial charge in [0.2, 0.25) is 0 Å². The van der Waals surface area contributed by atoms with Crippen LogP contribution in [-0.4, -0.2) is 20.9 Å². The zero-order valence-corrected chi connectivity index (χ0v) is 18.8. The lowest BCUT2D eigenvalue weighted by Crippen LogP contribution is -2.17. The quantitative estimate of drug-likeness (QED) is 0.540. The molecule has 0 atom stereocenters. The van der Waals surface area contributed by atoms with E-state index in [0.717, 1.165) is 11.1 Å². The fourth-order valence-electron chi connectivity index (χ4n) is 3.08. The molecule has 1 amide bonds. The number of carbonyl (C=O) groups is 1. The van der Waals surface area contributed by atoms with E-state index >= 15 is 0 Å². The Hall–Kier alpha value is -3.32. The van der Waals surface area contributed by atoms with Gasteiger partial charge in [0.1, 0.15) is 5.75 Å². The molecule has 0 fully saturated rings. The van der Waals surface area contributed by atoms with E-state index in [1.54, 1.807) is 55.5 Å². The van der Waals surface area contributed by atoms with Crippen molar-refractivity contribution >= 4 is 27.3 Å². The van der Waals surface area contributed by atoms with Crippen molar-refractivity contribution in [3.63, 3.8) is 0 Å². The van der Waals surface area contributed by atoms with Gasteiger partial charge in [0.05, 0.1) is 11.5 Å². The van der Waals surface area contributed by atoms with Crippen LogP contribution in [0.3, 0.4) is 0 Å². The van der Waals surface area contributed by atoms with E-state index in [1.165, 1.54) is 6.07 Å². The molecule has 0 heterocycles. The summed E-state index contributed by atoms with van der Waals surface area (Å²) in [6.45, 7) is 7.98. The summed E-state index contributed by atoms with van der Waals surface area (Å²) in [6, 6.07) is 17.0. The molecule has 0 radical (unpaired) electrons. The number of sulfonamides is 1. The molecule has 0 spiro atoms. The minimum atomic E-state index is -3.87. The number of nitrogens with one attached hydrogen (secondary N) is 2. The Labute approximate surface area is 183 Å². The molecule has 0 aliphatic rings. The van der Waals surface area contributed by atoms with E-state index in [0.29, 0.717) is 29.3 Å². The van der Waals surface area contributed by atoms with Gasteiger partial charge in [0, 0.05) is 23.0 Å². The van der Waals surface area contributed by atoms with Crippen molar-refractivity contribution in [3.8, 4) is 5.75 Å². The van der Waals surface area contributed by atoms with Crippen LogP contribution in [0.15, 0.2) is 65.6 Å². The number of hydrogen-bond donors (Lipinski definition) is 2. The van der Waals surface area contributed by atoms with Crippen LogP contribution in [-0.2, 0) is 10.0 Å². The van der Waals surface area contributed by atoms with E-state index < -0.39 is 15.9 Å². The monoisotopic (exact) mass is 438 g/mol. The molecule has 3 rings (SSSR count). The van der Waals surface area contributed by atoms with E-state index in [9.17, 15) is 13.2 Å². The molecule has 162 valence electrons. The Balaban J connectivity index is 1.85. The van der Waals surface area contributed by atoms with Gasteiger partial charge in [-0.3, -0.25) is 9.52 Å². The molecule has 0 aromatic heterocycles. The highest BCUT2D eigenvalue weighted by atomic mass is 32.2. The summed E-state index contributed by atoms with van der Waals surface area (Å²) in [4.78, 5) is 12.8. The average molecular weight is 439 g/mol. The van der Waals surface area contributed by atoms with Crippen molar-refractivity contribution < 1.29 is 17.9 Å². The second kappa shape index (κ2) is 9.22. The first-order chi connectivity index (χ1) is 14.7. The molecule has 6 nitrogen and oxygen atoms in total. The third kappa shape index (κ3) is 5.44. The highest BCUT2D eigenvalue weighted by molar-refractivity contribution is 7.92. The Bertz CT molecular complexity index is 1220. The molecule has 31 heavy (non-hydrogen) atoms. The molecule has 0 unspecified atom stereocenters. The molecule has 0 aliphatic heterocycles. The number of ether oxygens (including phenoxy) is 1. The van der Waals surface area contributed by atoms with Crippen molar-refractivity contribution in [2.75, 3.05) is 16.6 Å². The topological polar surface area (TPSA) is 84.5 Å². The van der Waals surface area contributed by atoms with Crippen LogP contribution >= 0.6 is 0 Å². The molecule has 3 aromatic carbocycles. The third-order valence-corrected chi connectivity index (χ3v) is 6.43. The van der Waals surface area contributed by atoms with Gasteiger partial charge in [-0.25, -0.2) is 8.42 Å². The first-order valence-corrected chi connectivity index (χ1v) is 11.4. The number of anilines is 2. The van der Waals surface area contributed by atoms with E-state index in [2.05, 4.69) is 10.0 Å². The summed E-state index contributed by atoms with van der Waals surface area (Å²) in [6.07, 6.45) is 0. The Morgan fingerprint density at radius 2 is 1.61 bits per heavy atom. The van der Waals surface area contributed by atoms with Crippen molar-refractivity contribution in [1.29, 1.82) is 0 Å². The number of amides is 1. The zero-order chi connectivity index (χ0) is 22.6. The Kier molecular flexibility index (Phi) is 6.65. The molecule has 7 heteroatoms. The number of carbonyl (C=O) groups excluding carboxylic acids is 1. The summed E-state index contributed by atoms with van der Waals surface area (Å²) in [5.74, 6) is 0.237. The number of rotatable bonds is 7. The van der Waals surface area contributed by atoms with Crippen molar-refractivity contribution in [3.05, 3.63) is 82.9 Å². The molecule has 0 saturated carbocycles. The Morgan fingerprint density at radius 3 is 2.32 bits per heavy atom. The van der Waals surface area contributed by atoms with Crippen molar-refractivity contribution in [2.24, 2.45) is 0 Å². The van der Waals surface area contributed by atoms with Crippen LogP contribution in [0.25, 0.3) is 0 Å². The standard InChI is InChI=1S/C24H26N2O4S/c1-5-30-22-8-6-7-20(15-22)25-24(27)19-11-9-17(3)23(14-19)31(28,29)26-21-12-10-16(2)18(4)13-21/h6-15,26H,5H2,1-4H3,(H,25,27). The maximum Gasteiger partial charge on any atom is 0.262 e. The SMILES string of the molecule is CCOc1cccc(NC(=O)c2ccc(C)c(S(=O)(=O)Nc3ccc(C)c(C)c3)c2)c1. The molecular formula is C24H26N2O4S. The normalized spacial score (nSPS) is 11.1.